The van der Waals surface area contributed by atoms with Gasteiger partial charge in [0.2, 0.25) is 0 Å². The first-order valence-electron chi connectivity index (χ1n) is 3.38. The average Bonchev–Trinajstić information content (AvgIpc) is 2.03. The van der Waals surface area contributed by atoms with Gasteiger partial charge in [0.05, 0.1) is 0 Å². The molecule has 5 heteroatoms. The summed E-state index contributed by atoms with van der Waals surface area (Å²) in [6, 6.07) is 3.32. The predicted molar refractivity (Wildman–Crippen MR) is 44.1 cm³/mol. The molecule has 0 unspecified atom stereocenters. The molecular formula is C8H5BrF4. The summed E-state index contributed by atoms with van der Waals surface area (Å²) in [6.45, 7) is 0. The fourth-order valence-electron chi connectivity index (χ4n) is 0.933. The van der Waals surface area contributed by atoms with Crippen LogP contribution >= 0.6 is 15.9 Å². The Morgan fingerprint density at radius 3 is 1.92 bits per heavy atom. The molecule has 0 fully saturated rings. The Bertz CT molecular complexity index is 298. The molecule has 0 radical (unpaired) electrons. The van der Waals surface area contributed by atoms with Gasteiger partial charge < -0.3 is 0 Å². The molecule has 1 aromatic carbocycles. The number of hydrogen-bond donors (Lipinski definition) is 0. The Balaban J connectivity index is 3.19. The van der Waals surface area contributed by atoms with E-state index in [1.807, 2.05) is 0 Å². The molecule has 0 spiro atoms. The monoisotopic (exact) mass is 256 g/mol. The highest BCUT2D eigenvalue weighted by molar-refractivity contribution is 9.10. The molecule has 0 aliphatic heterocycles. The summed E-state index contributed by atoms with van der Waals surface area (Å²) >= 11 is 2.94. The van der Waals surface area contributed by atoms with Crippen molar-refractivity contribution in [2.75, 3.05) is 0 Å². The van der Waals surface area contributed by atoms with Crippen molar-refractivity contribution in [1.29, 1.82) is 0 Å². The largest absolute Gasteiger partial charge is 0.264 e. The second kappa shape index (κ2) is 4.09. The molecule has 0 heterocycles. The summed E-state index contributed by atoms with van der Waals surface area (Å²) in [5.74, 6) is 0. The molecule has 0 N–H and O–H groups in total. The lowest BCUT2D eigenvalue weighted by Gasteiger charge is -2.07. The summed E-state index contributed by atoms with van der Waals surface area (Å²) in [6.07, 6.45) is -5.74. The van der Waals surface area contributed by atoms with Crippen LogP contribution in [0.1, 0.15) is 24.0 Å². The minimum Gasteiger partial charge on any atom is -0.205 e. The maximum atomic E-state index is 12.2. The second-order valence-electron chi connectivity index (χ2n) is 2.37. The molecule has 0 saturated heterocycles. The Hall–Kier alpha value is -0.580. The summed E-state index contributed by atoms with van der Waals surface area (Å²) in [5.41, 5.74) is -1.23. The molecule has 0 amide bonds. The highest BCUT2D eigenvalue weighted by atomic mass is 79.9. The van der Waals surface area contributed by atoms with Crippen LogP contribution in [0.15, 0.2) is 22.7 Å². The highest BCUT2D eigenvalue weighted by Crippen LogP contribution is 2.32. The van der Waals surface area contributed by atoms with E-state index in [0.717, 1.165) is 12.1 Å². The number of halogens is 5. The van der Waals surface area contributed by atoms with Crippen molar-refractivity contribution in [2.24, 2.45) is 0 Å². The SMILES string of the molecule is FC(F)c1ccc(Br)cc1C(F)F. The van der Waals surface area contributed by atoms with E-state index >= 15 is 0 Å². The van der Waals surface area contributed by atoms with Crippen LogP contribution in [-0.2, 0) is 0 Å². The van der Waals surface area contributed by atoms with E-state index in [1.54, 1.807) is 0 Å². The zero-order chi connectivity index (χ0) is 10.0. The minimum atomic E-state index is -2.87. The highest BCUT2D eigenvalue weighted by Gasteiger charge is 2.19. The van der Waals surface area contributed by atoms with Gasteiger partial charge in [-0.15, -0.1) is 0 Å². The minimum absolute atomic E-state index is 0.368. The second-order valence-corrected chi connectivity index (χ2v) is 3.29. The van der Waals surface area contributed by atoms with Gasteiger partial charge in [0.1, 0.15) is 0 Å². The number of hydrogen-bond acceptors (Lipinski definition) is 0. The first-order valence-corrected chi connectivity index (χ1v) is 4.17. The van der Waals surface area contributed by atoms with E-state index in [9.17, 15) is 17.6 Å². The summed E-state index contributed by atoms with van der Waals surface area (Å²) in [7, 11) is 0. The fraction of sp³-hybridized carbons (Fsp3) is 0.250. The Labute approximate surface area is 80.7 Å². The lowest BCUT2D eigenvalue weighted by Crippen LogP contribution is -1.94. The number of alkyl halides is 4. The molecule has 72 valence electrons. The van der Waals surface area contributed by atoms with Gasteiger partial charge >= 0.3 is 0 Å². The average molecular weight is 257 g/mol. The number of rotatable bonds is 2. The Morgan fingerprint density at radius 2 is 1.46 bits per heavy atom. The molecular weight excluding hydrogens is 252 g/mol. The quantitative estimate of drug-likeness (QED) is 0.692. The first kappa shape index (κ1) is 10.5. The van der Waals surface area contributed by atoms with Gasteiger partial charge in [-0.25, -0.2) is 17.6 Å². The summed E-state index contributed by atoms with van der Waals surface area (Å²) in [5, 5.41) is 0. The van der Waals surface area contributed by atoms with Crippen molar-refractivity contribution in [3.8, 4) is 0 Å². The van der Waals surface area contributed by atoms with Crippen LogP contribution in [0.2, 0.25) is 0 Å². The van der Waals surface area contributed by atoms with Crippen LogP contribution < -0.4 is 0 Å². The van der Waals surface area contributed by atoms with Gasteiger partial charge in [-0.2, -0.15) is 0 Å². The Morgan fingerprint density at radius 1 is 0.923 bits per heavy atom. The topological polar surface area (TPSA) is 0 Å². The van der Waals surface area contributed by atoms with E-state index in [-0.39, 0.29) is 0 Å². The molecule has 0 aromatic heterocycles. The zero-order valence-electron chi connectivity index (χ0n) is 6.28. The van der Waals surface area contributed by atoms with Crippen LogP contribution in [0.25, 0.3) is 0 Å². The van der Waals surface area contributed by atoms with Gasteiger partial charge in [-0.3, -0.25) is 0 Å². The smallest absolute Gasteiger partial charge is 0.205 e. The molecule has 0 saturated carbocycles. The molecule has 13 heavy (non-hydrogen) atoms. The van der Waals surface area contributed by atoms with Gasteiger partial charge in [0, 0.05) is 15.6 Å². The van der Waals surface area contributed by atoms with Gasteiger partial charge in [-0.05, 0) is 12.1 Å². The van der Waals surface area contributed by atoms with Crippen molar-refractivity contribution in [3.63, 3.8) is 0 Å². The number of benzene rings is 1. The maximum Gasteiger partial charge on any atom is 0.264 e. The predicted octanol–water partition coefficient (Wildman–Crippen LogP) is 4.32. The molecule has 1 rings (SSSR count). The summed E-state index contributed by atoms with van der Waals surface area (Å²) in [4.78, 5) is 0. The van der Waals surface area contributed by atoms with Crippen LogP contribution in [0.3, 0.4) is 0 Å². The van der Waals surface area contributed by atoms with Crippen molar-refractivity contribution >= 4 is 15.9 Å². The first-order chi connectivity index (χ1) is 6.02. The molecule has 0 aliphatic carbocycles. The van der Waals surface area contributed by atoms with Gasteiger partial charge in [0.25, 0.3) is 12.9 Å². The van der Waals surface area contributed by atoms with Crippen LogP contribution in [-0.4, -0.2) is 0 Å². The van der Waals surface area contributed by atoms with E-state index < -0.39 is 24.0 Å². The molecule has 0 bridgehead atoms. The summed E-state index contributed by atoms with van der Waals surface area (Å²) < 4.78 is 49.1. The van der Waals surface area contributed by atoms with Crippen molar-refractivity contribution < 1.29 is 17.6 Å². The van der Waals surface area contributed by atoms with E-state index in [2.05, 4.69) is 15.9 Å². The van der Waals surface area contributed by atoms with Crippen molar-refractivity contribution in [1.82, 2.24) is 0 Å². The Kier molecular flexibility index (Phi) is 3.30. The zero-order valence-corrected chi connectivity index (χ0v) is 7.86. The van der Waals surface area contributed by atoms with Gasteiger partial charge in [-0.1, -0.05) is 22.0 Å². The van der Waals surface area contributed by atoms with Crippen molar-refractivity contribution in [3.05, 3.63) is 33.8 Å². The fourth-order valence-corrected chi connectivity index (χ4v) is 1.31. The van der Waals surface area contributed by atoms with Crippen molar-refractivity contribution in [2.45, 2.75) is 12.9 Å². The normalized spacial score (nSPS) is 11.3. The van der Waals surface area contributed by atoms with Crippen LogP contribution in [0, 0.1) is 0 Å². The van der Waals surface area contributed by atoms with Gasteiger partial charge in [0.15, 0.2) is 0 Å². The van der Waals surface area contributed by atoms with Crippen LogP contribution in [0.5, 0.6) is 0 Å². The van der Waals surface area contributed by atoms with E-state index in [4.69, 9.17) is 0 Å². The lowest BCUT2D eigenvalue weighted by molar-refractivity contribution is 0.124. The molecule has 0 nitrogen and oxygen atoms in total. The van der Waals surface area contributed by atoms with E-state index in [1.165, 1.54) is 6.07 Å². The third-order valence-electron chi connectivity index (χ3n) is 1.52. The lowest BCUT2D eigenvalue weighted by atomic mass is 10.1. The molecule has 1 aromatic rings. The third kappa shape index (κ3) is 2.43. The standard InChI is InChI=1S/C8H5BrF4/c9-4-1-2-5(7(10)11)6(3-4)8(12)13/h1-3,7-8H. The molecule has 0 aliphatic rings. The maximum absolute atomic E-state index is 12.2. The third-order valence-corrected chi connectivity index (χ3v) is 2.01. The molecule has 0 atom stereocenters. The van der Waals surface area contributed by atoms with E-state index in [0.29, 0.717) is 4.47 Å². The van der Waals surface area contributed by atoms with Crippen LogP contribution in [0.4, 0.5) is 17.6 Å².